The molecule has 30 heavy (non-hydrogen) atoms. The van der Waals surface area contributed by atoms with E-state index in [0.717, 1.165) is 63.9 Å². The molecule has 0 bridgehead atoms. The fraction of sp³-hybridized carbons (Fsp3) is 0.583. The minimum Gasteiger partial charge on any atom is -0.375 e. The molecule has 6 heteroatoms. The molecule has 0 saturated carbocycles. The highest BCUT2D eigenvalue weighted by Crippen LogP contribution is 2.19. The van der Waals surface area contributed by atoms with Crippen LogP contribution in [-0.4, -0.2) is 60.2 Å². The van der Waals surface area contributed by atoms with E-state index in [1.54, 1.807) is 0 Å². The van der Waals surface area contributed by atoms with Gasteiger partial charge in [-0.15, -0.1) is 0 Å². The molecule has 1 aromatic heterocycles. The van der Waals surface area contributed by atoms with E-state index in [-0.39, 0.29) is 0 Å². The molecule has 2 saturated heterocycles. The predicted octanol–water partition coefficient (Wildman–Crippen LogP) is 3.95. The van der Waals surface area contributed by atoms with Crippen molar-refractivity contribution in [1.29, 1.82) is 0 Å². The highest BCUT2D eigenvalue weighted by atomic mass is 16.5. The first kappa shape index (κ1) is 21.1. The molecular formula is C24H35N5O. The number of benzene rings is 1. The number of ether oxygens (including phenoxy) is 1. The van der Waals surface area contributed by atoms with Gasteiger partial charge in [0.1, 0.15) is 5.82 Å². The van der Waals surface area contributed by atoms with E-state index in [0.29, 0.717) is 12.6 Å². The van der Waals surface area contributed by atoms with E-state index >= 15 is 0 Å². The highest BCUT2D eigenvalue weighted by molar-refractivity contribution is 5.43. The van der Waals surface area contributed by atoms with Crippen LogP contribution in [0.3, 0.4) is 0 Å². The van der Waals surface area contributed by atoms with Gasteiger partial charge in [-0.25, -0.2) is 4.98 Å². The van der Waals surface area contributed by atoms with Crippen LogP contribution in [0.5, 0.6) is 0 Å². The number of piperidine rings is 1. The average molecular weight is 410 g/mol. The zero-order valence-electron chi connectivity index (χ0n) is 18.0. The summed E-state index contributed by atoms with van der Waals surface area (Å²) >= 11 is 0. The SMILES string of the molecule is c1ccc(COCCN2CCC(Nc3nccc(N4CCCCCC4)n3)CC2)cc1. The maximum atomic E-state index is 5.84. The fourth-order valence-corrected chi connectivity index (χ4v) is 4.34. The van der Waals surface area contributed by atoms with Gasteiger partial charge >= 0.3 is 0 Å². The van der Waals surface area contributed by atoms with Crippen LogP contribution in [0.4, 0.5) is 11.8 Å². The summed E-state index contributed by atoms with van der Waals surface area (Å²) in [6.45, 7) is 6.90. The summed E-state index contributed by atoms with van der Waals surface area (Å²) in [5.41, 5.74) is 1.24. The summed E-state index contributed by atoms with van der Waals surface area (Å²) in [4.78, 5) is 14.2. The Bertz CT molecular complexity index is 740. The maximum absolute atomic E-state index is 5.84. The minimum atomic E-state index is 0.450. The standard InChI is InChI=1S/C24H35N5O/c1-2-7-15-29(14-6-1)23-10-13-25-24(27-23)26-22-11-16-28(17-12-22)18-19-30-20-21-8-4-3-5-9-21/h3-5,8-10,13,22H,1-2,6-7,11-12,14-20H2,(H,25,26,27). The minimum absolute atomic E-state index is 0.450. The zero-order valence-corrected chi connectivity index (χ0v) is 18.0. The Morgan fingerprint density at radius 1 is 0.933 bits per heavy atom. The van der Waals surface area contributed by atoms with Crippen LogP contribution in [0.25, 0.3) is 0 Å². The van der Waals surface area contributed by atoms with Gasteiger partial charge in [-0.2, -0.15) is 4.98 Å². The zero-order chi connectivity index (χ0) is 20.4. The number of nitrogens with one attached hydrogen (secondary N) is 1. The molecule has 2 aliphatic heterocycles. The predicted molar refractivity (Wildman–Crippen MR) is 122 cm³/mol. The van der Waals surface area contributed by atoms with Crippen LogP contribution in [-0.2, 0) is 11.3 Å². The quantitative estimate of drug-likeness (QED) is 0.666. The molecule has 0 aliphatic carbocycles. The molecule has 1 aromatic carbocycles. The third kappa shape index (κ3) is 6.41. The summed E-state index contributed by atoms with van der Waals surface area (Å²) in [6, 6.07) is 12.9. The van der Waals surface area contributed by atoms with Crippen LogP contribution in [0.1, 0.15) is 44.1 Å². The average Bonchev–Trinajstić information content (AvgIpc) is 3.09. The molecule has 0 unspecified atom stereocenters. The maximum Gasteiger partial charge on any atom is 0.224 e. The van der Waals surface area contributed by atoms with Crippen LogP contribution in [0.15, 0.2) is 42.6 Å². The number of aromatic nitrogens is 2. The molecule has 0 radical (unpaired) electrons. The van der Waals surface area contributed by atoms with E-state index in [1.807, 2.05) is 12.3 Å². The third-order valence-electron chi connectivity index (χ3n) is 6.16. The van der Waals surface area contributed by atoms with Crippen molar-refractivity contribution in [3.63, 3.8) is 0 Å². The topological polar surface area (TPSA) is 53.5 Å². The number of rotatable bonds is 8. The van der Waals surface area contributed by atoms with Gasteiger partial charge in [-0.05, 0) is 37.3 Å². The van der Waals surface area contributed by atoms with Crippen LogP contribution in [0.2, 0.25) is 0 Å². The van der Waals surface area contributed by atoms with Gasteiger partial charge in [0, 0.05) is 45.0 Å². The van der Waals surface area contributed by atoms with Gasteiger partial charge in [0.05, 0.1) is 13.2 Å². The third-order valence-corrected chi connectivity index (χ3v) is 6.16. The number of anilines is 2. The van der Waals surface area contributed by atoms with Crippen molar-refractivity contribution in [3.05, 3.63) is 48.2 Å². The molecular weight excluding hydrogens is 374 g/mol. The Balaban J connectivity index is 1.17. The molecule has 6 nitrogen and oxygen atoms in total. The van der Waals surface area contributed by atoms with Crippen molar-refractivity contribution < 1.29 is 4.74 Å². The number of nitrogens with zero attached hydrogens (tertiary/aromatic N) is 4. The smallest absolute Gasteiger partial charge is 0.224 e. The summed E-state index contributed by atoms with van der Waals surface area (Å²) in [7, 11) is 0. The van der Waals surface area contributed by atoms with Gasteiger partial charge in [0.15, 0.2) is 0 Å². The lowest BCUT2D eigenvalue weighted by atomic mass is 10.1. The molecule has 3 heterocycles. The van der Waals surface area contributed by atoms with Crippen molar-refractivity contribution in [2.45, 2.75) is 51.2 Å². The molecule has 2 aliphatic rings. The Labute approximate surface area is 180 Å². The molecule has 162 valence electrons. The second-order valence-corrected chi connectivity index (χ2v) is 8.44. The molecule has 2 fully saturated rings. The van der Waals surface area contributed by atoms with Gasteiger partial charge < -0.3 is 19.9 Å². The van der Waals surface area contributed by atoms with E-state index in [2.05, 4.69) is 50.4 Å². The normalized spacial score (nSPS) is 18.9. The largest absolute Gasteiger partial charge is 0.375 e. The monoisotopic (exact) mass is 409 g/mol. The van der Waals surface area contributed by atoms with Crippen LogP contribution in [0, 0.1) is 0 Å². The van der Waals surface area contributed by atoms with Crippen molar-refractivity contribution >= 4 is 11.8 Å². The lowest BCUT2D eigenvalue weighted by molar-refractivity contribution is 0.0850. The fourth-order valence-electron chi connectivity index (χ4n) is 4.34. The van der Waals surface area contributed by atoms with E-state index in [1.165, 1.54) is 31.2 Å². The molecule has 0 amide bonds. The Kier molecular flexibility index (Phi) is 7.92. The summed E-state index contributed by atoms with van der Waals surface area (Å²) in [5, 5.41) is 3.58. The van der Waals surface area contributed by atoms with Crippen LogP contribution >= 0.6 is 0 Å². The van der Waals surface area contributed by atoms with E-state index < -0.39 is 0 Å². The molecule has 0 atom stereocenters. The van der Waals surface area contributed by atoms with Gasteiger partial charge in [-0.3, -0.25) is 0 Å². The second-order valence-electron chi connectivity index (χ2n) is 8.44. The van der Waals surface area contributed by atoms with Gasteiger partial charge in [0.25, 0.3) is 0 Å². The number of hydrogen-bond acceptors (Lipinski definition) is 6. The van der Waals surface area contributed by atoms with Crippen LogP contribution < -0.4 is 10.2 Å². The van der Waals surface area contributed by atoms with E-state index in [4.69, 9.17) is 9.72 Å². The summed E-state index contributed by atoms with van der Waals surface area (Å²) in [6.07, 6.45) is 9.34. The first-order valence-electron chi connectivity index (χ1n) is 11.6. The number of likely N-dealkylation sites (tertiary alicyclic amines) is 1. The summed E-state index contributed by atoms with van der Waals surface area (Å²) < 4.78 is 5.84. The van der Waals surface area contributed by atoms with Crippen molar-refractivity contribution in [2.75, 3.05) is 49.5 Å². The lowest BCUT2D eigenvalue weighted by Gasteiger charge is -2.32. The Hall–Kier alpha value is -2.18. The van der Waals surface area contributed by atoms with Crippen molar-refractivity contribution in [1.82, 2.24) is 14.9 Å². The van der Waals surface area contributed by atoms with Crippen molar-refractivity contribution in [2.24, 2.45) is 0 Å². The van der Waals surface area contributed by atoms with Crippen molar-refractivity contribution in [3.8, 4) is 0 Å². The number of hydrogen-bond donors (Lipinski definition) is 1. The highest BCUT2D eigenvalue weighted by Gasteiger charge is 2.20. The molecule has 0 spiro atoms. The Morgan fingerprint density at radius 3 is 2.47 bits per heavy atom. The van der Waals surface area contributed by atoms with Gasteiger partial charge in [-0.1, -0.05) is 43.2 Å². The van der Waals surface area contributed by atoms with E-state index in [9.17, 15) is 0 Å². The molecule has 2 aromatic rings. The second kappa shape index (κ2) is 11.3. The molecule has 1 N–H and O–H groups in total. The lowest BCUT2D eigenvalue weighted by Crippen LogP contribution is -2.40. The Morgan fingerprint density at radius 2 is 1.70 bits per heavy atom. The van der Waals surface area contributed by atoms with Gasteiger partial charge in [0.2, 0.25) is 5.95 Å². The summed E-state index contributed by atoms with van der Waals surface area (Å²) in [5.74, 6) is 1.85. The first-order valence-corrected chi connectivity index (χ1v) is 11.6. The first-order chi connectivity index (χ1) is 14.9. The molecule has 4 rings (SSSR count).